The van der Waals surface area contributed by atoms with Crippen LogP contribution in [0.2, 0.25) is 0 Å². The summed E-state index contributed by atoms with van der Waals surface area (Å²) in [4.78, 5) is 10.5. The highest BCUT2D eigenvalue weighted by Gasteiger charge is 2.32. The Bertz CT molecular complexity index is 418. The van der Waals surface area contributed by atoms with Crippen LogP contribution in [-0.4, -0.2) is 17.1 Å². The number of carboxylic acids is 1. The lowest BCUT2D eigenvalue weighted by atomic mass is 10.00. The Hall–Kier alpha value is -1.56. The van der Waals surface area contributed by atoms with Gasteiger partial charge >= 0.3 is 12.1 Å². The maximum atomic E-state index is 12.6. The van der Waals surface area contributed by atoms with Crippen molar-refractivity contribution in [2.75, 3.05) is 0 Å². The second-order valence-electron chi connectivity index (χ2n) is 3.99. The molecule has 0 aromatic heterocycles. The standard InChI is InChI=1S/C12H14F3NO2/c13-12(14,15)9-6-2-1-4-8(9)5-3-7-10(16)11(17)18/h1-2,4,6,10H,3,5,7,16H2,(H,17,18). The molecule has 1 unspecified atom stereocenters. The van der Waals surface area contributed by atoms with Crippen LogP contribution in [0.5, 0.6) is 0 Å². The van der Waals surface area contributed by atoms with E-state index in [0.29, 0.717) is 6.42 Å². The topological polar surface area (TPSA) is 63.3 Å². The van der Waals surface area contributed by atoms with Crippen molar-refractivity contribution in [3.05, 3.63) is 35.4 Å². The number of benzene rings is 1. The van der Waals surface area contributed by atoms with Crippen molar-refractivity contribution in [2.45, 2.75) is 31.5 Å². The number of nitrogens with two attached hydrogens (primary N) is 1. The molecule has 0 amide bonds. The lowest BCUT2D eigenvalue weighted by Crippen LogP contribution is -2.29. The van der Waals surface area contributed by atoms with E-state index in [1.807, 2.05) is 0 Å². The Kier molecular flexibility index (Phi) is 4.72. The van der Waals surface area contributed by atoms with Crippen molar-refractivity contribution >= 4 is 5.97 Å². The Morgan fingerprint density at radius 3 is 2.50 bits per heavy atom. The normalized spacial score (nSPS) is 13.3. The largest absolute Gasteiger partial charge is 0.480 e. The van der Waals surface area contributed by atoms with Crippen molar-refractivity contribution < 1.29 is 23.1 Å². The second kappa shape index (κ2) is 5.86. The van der Waals surface area contributed by atoms with E-state index in [4.69, 9.17) is 10.8 Å². The first-order valence-corrected chi connectivity index (χ1v) is 5.46. The van der Waals surface area contributed by atoms with Gasteiger partial charge in [-0.2, -0.15) is 13.2 Å². The summed E-state index contributed by atoms with van der Waals surface area (Å²) >= 11 is 0. The number of alkyl halides is 3. The average molecular weight is 261 g/mol. The number of carbonyl (C=O) groups is 1. The molecule has 0 aliphatic rings. The highest BCUT2D eigenvalue weighted by Crippen LogP contribution is 2.32. The fourth-order valence-electron chi connectivity index (χ4n) is 1.65. The van der Waals surface area contributed by atoms with Crippen molar-refractivity contribution in [3.8, 4) is 0 Å². The Morgan fingerprint density at radius 1 is 1.33 bits per heavy atom. The van der Waals surface area contributed by atoms with Crippen molar-refractivity contribution in [1.82, 2.24) is 0 Å². The highest BCUT2D eigenvalue weighted by atomic mass is 19.4. The van der Waals surface area contributed by atoms with Crippen LogP contribution in [0.1, 0.15) is 24.0 Å². The number of aryl methyl sites for hydroxylation is 1. The van der Waals surface area contributed by atoms with Gasteiger partial charge < -0.3 is 10.8 Å². The molecule has 0 radical (unpaired) electrons. The number of carboxylic acid groups (broad SMARTS) is 1. The summed E-state index contributed by atoms with van der Waals surface area (Å²) in [5.41, 5.74) is 4.78. The van der Waals surface area contributed by atoms with Gasteiger partial charge in [-0.05, 0) is 30.9 Å². The Balaban J connectivity index is 2.66. The lowest BCUT2D eigenvalue weighted by Gasteiger charge is -2.13. The molecular formula is C12H14F3NO2. The Morgan fingerprint density at radius 2 is 1.94 bits per heavy atom. The summed E-state index contributed by atoms with van der Waals surface area (Å²) in [6.07, 6.45) is -3.76. The van der Waals surface area contributed by atoms with Gasteiger partial charge in [0.15, 0.2) is 0 Å². The van der Waals surface area contributed by atoms with Crippen LogP contribution < -0.4 is 5.73 Å². The fourth-order valence-corrected chi connectivity index (χ4v) is 1.65. The van der Waals surface area contributed by atoms with Gasteiger partial charge in [-0.15, -0.1) is 0 Å². The molecule has 18 heavy (non-hydrogen) atoms. The Labute approximate surface area is 102 Å². The molecule has 1 aromatic rings. The molecule has 1 aromatic carbocycles. The summed E-state index contributed by atoms with van der Waals surface area (Å²) in [6, 6.07) is 4.25. The number of aliphatic carboxylic acids is 1. The average Bonchev–Trinajstić information content (AvgIpc) is 2.28. The number of hydrogen-bond donors (Lipinski definition) is 2. The van der Waals surface area contributed by atoms with E-state index in [1.54, 1.807) is 0 Å². The van der Waals surface area contributed by atoms with Gasteiger partial charge in [0.25, 0.3) is 0 Å². The van der Waals surface area contributed by atoms with Crippen LogP contribution >= 0.6 is 0 Å². The summed E-state index contributed by atoms with van der Waals surface area (Å²) in [5, 5.41) is 8.56. The zero-order valence-electron chi connectivity index (χ0n) is 9.57. The molecule has 1 rings (SSSR count). The maximum absolute atomic E-state index is 12.6. The van der Waals surface area contributed by atoms with Gasteiger partial charge in [0.05, 0.1) is 5.56 Å². The molecule has 0 bridgehead atoms. The zero-order valence-corrected chi connectivity index (χ0v) is 9.57. The molecule has 0 spiro atoms. The van der Waals surface area contributed by atoms with E-state index in [9.17, 15) is 18.0 Å². The third-order valence-electron chi connectivity index (χ3n) is 2.60. The van der Waals surface area contributed by atoms with Gasteiger partial charge in [-0.3, -0.25) is 4.79 Å². The van der Waals surface area contributed by atoms with E-state index in [-0.39, 0.29) is 18.4 Å². The van der Waals surface area contributed by atoms with E-state index in [0.717, 1.165) is 6.07 Å². The minimum Gasteiger partial charge on any atom is -0.480 e. The summed E-state index contributed by atoms with van der Waals surface area (Å²) in [7, 11) is 0. The predicted molar refractivity (Wildman–Crippen MR) is 60.0 cm³/mol. The molecule has 6 heteroatoms. The summed E-state index contributed by atoms with van der Waals surface area (Å²) in [5.74, 6) is -1.14. The molecule has 0 heterocycles. The molecule has 0 aliphatic heterocycles. The molecule has 100 valence electrons. The van der Waals surface area contributed by atoms with E-state index >= 15 is 0 Å². The van der Waals surface area contributed by atoms with Gasteiger partial charge in [0.1, 0.15) is 6.04 Å². The van der Waals surface area contributed by atoms with E-state index < -0.39 is 23.8 Å². The predicted octanol–water partition coefficient (Wildman–Crippen LogP) is 2.44. The minimum absolute atomic E-state index is 0.154. The first-order valence-electron chi connectivity index (χ1n) is 5.46. The molecule has 0 aliphatic carbocycles. The molecule has 0 saturated heterocycles. The molecule has 0 fully saturated rings. The molecule has 1 atom stereocenters. The van der Waals surface area contributed by atoms with Crippen LogP contribution in [0, 0.1) is 0 Å². The quantitative estimate of drug-likeness (QED) is 0.855. The van der Waals surface area contributed by atoms with Crippen LogP contribution in [0.25, 0.3) is 0 Å². The number of hydrogen-bond acceptors (Lipinski definition) is 2. The van der Waals surface area contributed by atoms with Gasteiger partial charge in [0.2, 0.25) is 0 Å². The first-order chi connectivity index (χ1) is 8.32. The summed E-state index contributed by atoms with van der Waals surface area (Å²) in [6.45, 7) is 0. The van der Waals surface area contributed by atoms with Crippen LogP contribution in [-0.2, 0) is 17.4 Å². The van der Waals surface area contributed by atoms with Gasteiger partial charge in [-0.1, -0.05) is 18.2 Å². The summed E-state index contributed by atoms with van der Waals surface area (Å²) < 4.78 is 37.9. The van der Waals surface area contributed by atoms with E-state index in [1.165, 1.54) is 18.2 Å². The first kappa shape index (κ1) is 14.5. The van der Waals surface area contributed by atoms with Crippen LogP contribution in [0.15, 0.2) is 24.3 Å². The molecule has 3 nitrogen and oxygen atoms in total. The number of halogens is 3. The highest BCUT2D eigenvalue weighted by molar-refractivity contribution is 5.72. The molecule has 0 saturated carbocycles. The van der Waals surface area contributed by atoms with Crippen LogP contribution in [0.3, 0.4) is 0 Å². The minimum atomic E-state index is -4.38. The van der Waals surface area contributed by atoms with Gasteiger partial charge in [0, 0.05) is 0 Å². The van der Waals surface area contributed by atoms with Crippen molar-refractivity contribution in [2.24, 2.45) is 5.73 Å². The molecule has 3 N–H and O–H groups in total. The monoisotopic (exact) mass is 261 g/mol. The SMILES string of the molecule is NC(CCCc1ccccc1C(F)(F)F)C(=O)O. The van der Waals surface area contributed by atoms with Crippen molar-refractivity contribution in [1.29, 1.82) is 0 Å². The molecular weight excluding hydrogens is 247 g/mol. The van der Waals surface area contributed by atoms with Crippen molar-refractivity contribution in [3.63, 3.8) is 0 Å². The number of rotatable bonds is 5. The smallest absolute Gasteiger partial charge is 0.416 e. The third-order valence-corrected chi connectivity index (χ3v) is 2.60. The lowest BCUT2D eigenvalue weighted by molar-refractivity contribution is -0.139. The second-order valence-corrected chi connectivity index (χ2v) is 3.99. The zero-order chi connectivity index (χ0) is 13.8. The third kappa shape index (κ3) is 4.03. The maximum Gasteiger partial charge on any atom is 0.416 e. The fraction of sp³-hybridized carbons (Fsp3) is 0.417. The van der Waals surface area contributed by atoms with Gasteiger partial charge in [-0.25, -0.2) is 0 Å². The van der Waals surface area contributed by atoms with E-state index in [2.05, 4.69) is 0 Å². The van der Waals surface area contributed by atoms with Crippen LogP contribution in [0.4, 0.5) is 13.2 Å².